The Bertz CT molecular complexity index is 367. The van der Waals surface area contributed by atoms with Crippen molar-refractivity contribution in [1.29, 1.82) is 0 Å². The predicted molar refractivity (Wildman–Crippen MR) is 64.5 cm³/mol. The van der Waals surface area contributed by atoms with Crippen molar-refractivity contribution < 1.29 is 13.6 Å². The van der Waals surface area contributed by atoms with Gasteiger partial charge in [-0.1, -0.05) is 0 Å². The van der Waals surface area contributed by atoms with Crippen LogP contribution in [0.2, 0.25) is 0 Å². The Morgan fingerprint density at radius 2 is 1.82 bits per heavy atom. The molecule has 17 heavy (non-hydrogen) atoms. The summed E-state index contributed by atoms with van der Waals surface area (Å²) in [7, 11) is 3.35. The number of nitrogens with one attached hydrogen (secondary N) is 1. The highest BCUT2D eigenvalue weighted by atomic mass is 35.5. The second-order valence-electron chi connectivity index (χ2n) is 3.49. The molecule has 1 aromatic carbocycles. The molecule has 96 valence electrons. The van der Waals surface area contributed by atoms with Crippen LogP contribution in [0, 0.1) is 11.6 Å². The van der Waals surface area contributed by atoms with E-state index in [1.54, 1.807) is 14.1 Å². The summed E-state index contributed by atoms with van der Waals surface area (Å²) < 4.78 is 25.8. The molecule has 0 heterocycles. The van der Waals surface area contributed by atoms with Gasteiger partial charge < -0.3 is 10.2 Å². The molecule has 0 aliphatic rings. The van der Waals surface area contributed by atoms with Crippen LogP contribution in [0.3, 0.4) is 0 Å². The van der Waals surface area contributed by atoms with Gasteiger partial charge in [0, 0.05) is 31.8 Å². The molecular weight excluding hydrogens is 250 g/mol. The van der Waals surface area contributed by atoms with Crippen molar-refractivity contribution in [1.82, 2.24) is 10.2 Å². The van der Waals surface area contributed by atoms with Crippen LogP contribution < -0.4 is 5.32 Å². The van der Waals surface area contributed by atoms with Crippen LogP contribution in [-0.2, 0) is 0 Å². The third-order valence-corrected chi connectivity index (χ3v) is 2.15. The van der Waals surface area contributed by atoms with Crippen molar-refractivity contribution in [2.45, 2.75) is 0 Å². The zero-order chi connectivity index (χ0) is 12.1. The van der Waals surface area contributed by atoms with Crippen LogP contribution in [0.5, 0.6) is 0 Å². The minimum atomic E-state index is -0.745. The molecule has 3 nitrogen and oxygen atoms in total. The van der Waals surface area contributed by atoms with Crippen LogP contribution >= 0.6 is 12.4 Å². The van der Waals surface area contributed by atoms with E-state index in [0.717, 1.165) is 18.2 Å². The predicted octanol–water partition coefficient (Wildman–Crippen LogP) is 1.68. The molecule has 1 aromatic rings. The second-order valence-corrected chi connectivity index (χ2v) is 3.49. The summed E-state index contributed by atoms with van der Waals surface area (Å²) in [5, 5.41) is 2.89. The highest BCUT2D eigenvalue weighted by Gasteiger charge is 2.13. The zero-order valence-electron chi connectivity index (χ0n) is 9.67. The molecule has 0 radical (unpaired) electrons. The first kappa shape index (κ1) is 15.8. The fourth-order valence-electron chi connectivity index (χ4n) is 1.28. The molecule has 0 spiro atoms. The zero-order valence-corrected chi connectivity index (χ0v) is 10.5. The van der Waals surface area contributed by atoms with Gasteiger partial charge in [0.2, 0.25) is 0 Å². The number of amides is 1. The maximum Gasteiger partial charge on any atom is 0.253 e. The molecule has 0 fully saturated rings. The number of hydrogen-bond donors (Lipinski definition) is 1. The fourth-order valence-corrected chi connectivity index (χ4v) is 1.28. The maximum atomic E-state index is 12.9. The molecule has 0 saturated carbocycles. The highest BCUT2D eigenvalue weighted by molar-refractivity contribution is 5.94. The monoisotopic (exact) mass is 264 g/mol. The first-order chi connectivity index (χ1) is 7.54. The van der Waals surface area contributed by atoms with E-state index in [1.165, 1.54) is 4.90 Å². The largest absolute Gasteiger partial charge is 0.340 e. The Labute approximate surface area is 105 Å². The SMILES string of the molecule is CNCCN(C)C(=O)c1cc(F)cc(F)c1.Cl. The van der Waals surface area contributed by atoms with Gasteiger partial charge in [-0.25, -0.2) is 8.78 Å². The lowest BCUT2D eigenvalue weighted by Crippen LogP contribution is -2.32. The number of likely N-dealkylation sites (N-methyl/N-ethyl adjacent to an activating group) is 2. The Kier molecular flexibility index (Phi) is 6.68. The van der Waals surface area contributed by atoms with Crippen LogP contribution in [0.4, 0.5) is 8.78 Å². The van der Waals surface area contributed by atoms with E-state index < -0.39 is 17.5 Å². The number of carbonyl (C=O) groups excluding carboxylic acids is 1. The standard InChI is InChI=1S/C11H14F2N2O.ClH/c1-14-3-4-15(2)11(16)8-5-9(12)7-10(13)6-8;/h5-7,14H,3-4H2,1-2H3;1H. The van der Waals surface area contributed by atoms with Crippen LogP contribution in [-0.4, -0.2) is 38.0 Å². The number of hydrogen-bond acceptors (Lipinski definition) is 2. The van der Waals surface area contributed by atoms with E-state index in [0.29, 0.717) is 13.1 Å². The van der Waals surface area contributed by atoms with Gasteiger partial charge in [0.15, 0.2) is 0 Å². The first-order valence-corrected chi connectivity index (χ1v) is 4.90. The summed E-state index contributed by atoms with van der Waals surface area (Å²) in [5.74, 6) is -1.88. The van der Waals surface area contributed by atoms with E-state index in [-0.39, 0.29) is 18.0 Å². The van der Waals surface area contributed by atoms with Crippen molar-refractivity contribution in [3.8, 4) is 0 Å². The lowest BCUT2D eigenvalue weighted by Gasteiger charge is -2.16. The number of rotatable bonds is 4. The minimum Gasteiger partial charge on any atom is -0.340 e. The third kappa shape index (κ3) is 4.66. The third-order valence-electron chi connectivity index (χ3n) is 2.15. The molecule has 0 aromatic heterocycles. The van der Waals surface area contributed by atoms with E-state index >= 15 is 0 Å². The summed E-state index contributed by atoms with van der Waals surface area (Å²) in [4.78, 5) is 13.1. The molecule has 0 saturated heterocycles. The van der Waals surface area contributed by atoms with Gasteiger partial charge in [0.05, 0.1) is 0 Å². The first-order valence-electron chi connectivity index (χ1n) is 4.90. The smallest absolute Gasteiger partial charge is 0.253 e. The number of nitrogens with zero attached hydrogens (tertiary/aromatic N) is 1. The van der Waals surface area contributed by atoms with Gasteiger partial charge in [-0.3, -0.25) is 4.79 Å². The van der Waals surface area contributed by atoms with Crippen molar-refractivity contribution in [2.75, 3.05) is 27.2 Å². The molecule has 1 N–H and O–H groups in total. The van der Waals surface area contributed by atoms with Gasteiger partial charge >= 0.3 is 0 Å². The molecular formula is C11H15ClF2N2O. The van der Waals surface area contributed by atoms with E-state index in [2.05, 4.69) is 5.32 Å². The van der Waals surface area contributed by atoms with E-state index in [4.69, 9.17) is 0 Å². The average Bonchev–Trinajstić information content (AvgIpc) is 2.23. The molecule has 0 atom stereocenters. The summed E-state index contributed by atoms with van der Waals surface area (Å²) in [6, 6.07) is 2.80. The molecule has 0 aliphatic carbocycles. The summed E-state index contributed by atoms with van der Waals surface area (Å²) in [5.41, 5.74) is 0.0242. The highest BCUT2D eigenvalue weighted by Crippen LogP contribution is 2.09. The minimum absolute atomic E-state index is 0. The van der Waals surface area contributed by atoms with Crippen LogP contribution in [0.25, 0.3) is 0 Å². The Hall–Kier alpha value is -1.20. The summed E-state index contributed by atoms with van der Waals surface area (Å²) in [6.07, 6.45) is 0. The van der Waals surface area contributed by atoms with Crippen LogP contribution in [0.15, 0.2) is 18.2 Å². The van der Waals surface area contributed by atoms with Crippen molar-refractivity contribution in [3.05, 3.63) is 35.4 Å². The Balaban J connectivity index is 0.00000256. The molecule has 0 unspecified atom stereocenters. The number of carbonyl (C=O) groups is 1. The molecule has 1 amide bonds. The van der Waals surface area contributed by atoms with E-state index in [1.807, 2.05) is 0 Å². The van der Waals surface area contributed by atoms with Gasteiger partial charge in [-0.2, -0.15) is 0 Å². The van der Waals surface area contributed by atoms with Gasteiger partial charge in [-0.15, -0.1) is 12.4 Å². The summed E-state index contributed by atoms with van der Waals surface area (Å²) >= 11 is 0. The summed E-state index contributed by atoms with van der Waals surface area (Å²) in [6.45, 7) is 1.10. The second kappa shape index (κ2) is 7.19. The topological polar surface area (TPSA) is 32.3 Å². The number of halogens is 3. The average molecular weight is 265 g/mol. The van der Waals surface area contributed by atoms with Gasteiger partial charge in [0.1, 0.15) is 11.6 Å². The molecule has 0 aliphatic heterocycles. The normalized spacial score (nSPS) is 9.65. The lowest BCUT2D eigenvalue weighted by molar-refractivity contribution is 0.0796. The van der Waals surface area contributed by atoms with Crippen molar-refractivity contribution >= 4 is 18.3 Å². The van der Waals surface area contributed by atoms with Crippen LogP contribution in [0.1, 0.15) is 10.4 Å². The Morgan fingerprint density at radius 1 is 1.29 bits per heavy atom. The molecule has 0 bridgehead atoms. The van der Waals surface area contributed by atoms with E-state index in [9.17, 15) is 13.6 Å². The molecule has 6 heteroatoms. The van der Waals surface area contributed by atoms with Crippen molar-refractivity contribution in [2.24, 2.45) is 0 Å². The van der Waals surface area contributed by atoms with Gasteiger partial charge in [0.25, 0.3) is 5.91 Å². The van der Waals surface area contributed by atoms with Crippen molar-refractivity contribution in [3.63, 3.8) is 0 Å². The van der Waals surface area contributed by atoms with Gasteiger partial charge in [-0.05, 0) is 19.2 Å². The fraction of sp³-hybridized carbons (Fsp3) is 0.364. The quantitative estimate of drug-likeness (QED) is 0.897. The lowest BCUT2D eigenvalue weighted by atomic mass is 10.2. The molecule has 1 rings (SSSR count). The Morgan fingerprint density at radius 3 is 2.29 bits per heavy atom. The maximum absolute atomic E-state index is 12.9. The number of benzene rings is 1.